The van der Waals surface area contributed by atoms with E-state index in [1.165, 1.54) is 0 Å². The van der Waals surface area contributed by atoms with Crippen molar-refractivity contribution in [1.29, 1.82) is 0 Å². The Morgan fingerprint density at radius 3 is 2.91 bits per heavy atom. The molecule has 0 bridgehead atoms. The van der Waals surface area contributed by atoms with Crippen LogP contribution < -0.4 is 10.6 Å². The van der Waals surface area contributed by atoms with Crippen molar-refractivity contribution < 1.29 is 9.59 Å². The van der Waals surface area contributed by atoms with E-state index in [2.05, 4.69) is 10.6 Å². The first-order valence-electron chi connectivity index (χ1n) is 7.92. The van der Waals surface area contributed by atoms with Gasteiger partial charge in [0.1, 0.15) is 0 Å². The summed E-state index contributed by atoms with van der Waals surface area (Å²) in [6.07, 6.45) is 2.72. The number of hydrogen-bond acceptors (Lipinski definition) is 3. The van der Waals surface area contributed by atoms with Crippen molar-refractivity contribution >= 4 is 17.5 Å². The highest BCUT2D eigenvalue weighted by Crippen LogP contribution is 2.17. The lowest BCUT2D eigenvalue weighted by molar-refractivity contribution is -0.133. The molecule has 22 heavy (non-hydrogen) atoms. The average Bonchev–Trinajstić information content (AvgIpc) is 2.50. The third-order valence-electron chi connectivity index (χ3n) is 3.95. The van der Waals surface area contributed by atoms with Gasteiger partial charge in [-0.3, -0.25) is 9.59 Å². The largest absolute Gasteiger partial charge is 0.338 e. The summed E-state index contributed by atoms with van der Waals surface area (Å²) in [5, 5.41) is 5.93. The SMILES string of the molecule is CNCC(C)C(=O)Nc1cccc(CN2CCCCC2=O)c1. The Hall–Kier alpha value is -1.88. The van der Waals surface area contributed by atoms with E-state index in [1.54, 1.807) is 0 Å². The van der Waals surface area contributed by atoms with Gasteiger partial charge in [0.2, 0.25) is 11.8 Å². The van der Waals surface area contributed by atoms with Crippen molar-refractivity contribution in [2.75, 3.05) is 25.5 Å². The van der Waals surface area contributed by atoms with Gasteiger partial charge in [0.05, 0.1) is 0 Å². The van der Waals surface area contributed by atoms with Crippen LogP contribution in [0.3, 0.4) is 0 Å². The number of piperidine rings is 1. The molecule has 0 spiro atoms. The highest BCUT2D eigenvalue weighted by Gasteiger charge is 2.18. The minimum Gasteiger partial charge on any atom is -0.338 e. The molecule has 1 aromatic rings. The molecule has 1 aliphatic heterocycles. The molecule has 5 nitrogen and oxygen atoms in total. The van der Waals surface area contributed by atoms with Gasteiger partial charge in [0.25, 0.3) is 0 Å². The Labute approximate surface area is 132 Å². The zero-order valence-electron chi connectivity index (χ0n) is 13.4. The molecule has 1 atom stereocenters. The number of amides is 2. The van der Waals surface area contributed by atoms with E-state index in [0.29, 0.717) is 19.5 Å². The standard InChI is InChI=1S/C17H25N3O2/c1-13(11-18-2)17(22)19-15-7-5-6-14(10-15)12-20-9-4-3-8-16(20)21/h5-7,10,13,18H,3-4,8-9,11-12H2,1-2H3,(H,19,22). The molecule has 1 fully saturated rings. The van der Waals surface area contributed by atoms with Crippen molar-refractivity contribution in [3.05, 3.63) is 29.8 Å². The Morgan fingerprint density at radius 1 is 1.36 bits per heavy atom. The molecule has 1 unspecified atom stereocenters. The lowest BCUT2D eigenvalue weighted by Crippen LogP contribution is -2.34. The molecule has 1 aliphatic rings. The summed E-state index contributed by atoms with van der Waals surface area (Å²) in [4.78, 5) is 25.8. The molecule has 2 rings (SSSR count). The van der Waals surface area contributed by atoms with Crippen LogP contribution >= 0.6 is 0 Å². The number of likely N-dealkylation sites (tertiary alicyclic amines) is 1. The van der Waals surface area contributed by atoms with Crippen LogP contribution in [-0.2, 0) is 16.1 Å². The molecule has 2 amide bonds. The fraction of sp³-hybridized carbons (Fsp3) is 0.529. The van der Waals surface area contributed by atoms with Gasteiger partial charge in [-0.25, -0.2) is 0 Å². The first kappa shape index (κ1) is 16.5. The van der Waals surface area contributed by atoms with E-state index in [1.807, 2.05) is 43.1 Å². The number of carbonyl (C=O) groups is 2. The molecule has 1 heterocycles. The summed E-state index contributed by atoms with van der Waals surface area (Å²) >= 11 is 0. The molecule has 2 N–H and O–H groups in total. The quantitative estimate of drug-likeness (QED) is 0.845. The summed E-state index contributed by atoms with van der Waals surface area (Å²) < 4.78 is 0. The van der Waals surface area contributed by atoms with Crippen molar-refractivity contribution in [1.82, 2.24) is 10.2 Å². The number of rotatable bonds is 6. The van der Waals surface area contributed by atoms with E-state index >= 15 is 0 Å². The van der Waals surface area contributed by atoms with Gasteiger partial charge < -0.3 is 15.5 Å². The predicted octanol–water partition coefficient (Wildman–Crippen LogP) is 1.99. The number of nitrogens with zero attached hydrogens (tertiary/aromatic N) is 1. The molecular formula is C17H25N3O2. The van der Waals surface area contributed by atoms with Gasteiger partial charge >= 0.3 is 0 Å². The summed E-state index contributed by atoms with van der Waals surface area (Å²) in [5.41, 5.74) is 1.84. The van der Waals surface area contributed by atoms with Gasteiger partial charge in [-0.2, -0.15) is 0 Å². The predicted molar refractivity (Wildman–Crippen MR) is 87.4 cm³/mol. The van der Waals surface area contributed by atoms with Crippen LogP contribution in [0, 0.1) is 5.92 Å². The number of benzene rings is 1. The van der Waals surface area contributed by atoms with Gasteiger partial charge in [-0.1, -0.05) is 19.1 Å². The van der Waals surface area contributed by atoms with Crippen LogP contribution in [0.5, 0.6) is 0 Å². The van der Waals surface area contributed by atoms with Gasteiger partial charge in [-0.05, 0) is 37.6 Å². The molecule has 0 aliphatic carbocycles. The fourth-order valence-electron chi connectivity index (χ4n) is 2.66. The molecule has 5 heteroatoms. The Balaban J connectivity index is 1.97. The van der Waals surface area contributed by atoms with Crippen molar-refractivity contribution in [3.8, 4) is 0 Å². The molecule has 1 aromatic carbocycles. The molecule has 0 saturated carbocycles. The minimum absolute atomic E-state index is 0.000508. The van der Waals surface area contributed by atoms with E-state index in [9.17, 15) is 9.59 Å². The number of hydrogen-bond donors (Lipinski definition) is 2. The van der Waals surface area contributed by atoms with Crippen LogP contribution in [0.25, 0.3) is 0 Å². The van der Waals surface area contributed by atoms with Crippen molar-refractivity contribution in [3.63, 3.8) is 0 Å². The van der Waals surface area contributed by atoms with Gasteiger partial charge in [0.15, 0.2) is 0 Å². The first-order chi connectivity index (χ1) is 10.6. The molecular weight excluding hydrogens is 278 g/mol. The average molecular weight is 303 g/mol. The molecule has 120 valence electrons. The zero-order chi connectivity index (χ0) is 15.9. The summed E-state index contributed by atoms with van der Waals surface area (Å²) in [6.45, 7) is 3.99. The second kappa shape index (κ2) is 7.94. The van der Waals surface area contributed by atoms with Crippen LogP contribution in [-0.4, -0.2) is 36.9 Å². The maximum atomic E-state index is 12.0. The second-order valence-electron chi connectivity index (χ2n) is 5.92. The van der Waals surface area contributed by atoms with Crippen LogP contribution in [0.1, 0.15) is 31.7 Å². The topological polar surface area (TPSA) is 61.4 Å². The zero-order valence-corrected chi connectivity index (χ0v) is 13.4. The summed E-state index contributed by atoms with van der Waals surface area (Å²) in [6, 6.07) is 7.74. The van der Waals surface area contributed by atoms with E-state index in [0.717, 1.165) is 30.6 Å². The van der Waals surface area contributed by atoms with E-state index in [-0.39, 0.29) is 17.7 Å². The fourth-order valence-corrected chi connectivity index (χ4v) is 2.66. The van der Waals surface area contributed by atoms with Crippen molar-refractivity contribution in [2.45, 2.75) is 32.7 Å². The Bertz CT molecular complexity index is 530. The summed E-state index contributed by atoms with van der Waals surface area (Å²) in [7, 11) is 1.83. The van der Waals surface area contributed by atoms with Gasteiger partial charge in [-0.15, -0.1) is 0 Å². The normalized spacial score (nSPS) is 16.5. The Morgan fingerprint density at radius 2 is 2.18 bits per heavy atom. The Kier molecular flexibility index (Phi) is 5.95. The maximum absolute atomic E-state index is 12.0. The van der Waals surface area contributed by atoms with Crippen molar-refractivity contribution in [2.24, 2.45) is 5.92 Å². The molecule has 1 saturated heterocycles. The molecule has 0 radical (unpaired) electrons. The lowest BCUT2D eigenvalue weighted by atomic mass is 10.1. The monoisotopic (exact) mass is 303 g/mol. The highest BCUT2D eigenvalue weighted by atomic mass is 16.2. The summed E-state index contributed by atoms with van der Waals surface area (Å²) in [5.74, 6) is 0.140. The lowest BCUT2D eigenvalue weighted by Gasteiger charge is -2.27. The molecule has 0 aromatic heterocycles. The minimum atomic E-state index is -0.0858. The van der Waals surface area contributed by atoms with E-state index in [4.69, 9.17) is 0 Å². The van der Waals surface area contributed by atoms with Gasteiger partial charge in [0, 0.05) is 37.7 Å². The number of carbonyl (C=O) groups excluding carboxylic acids is 2. The van der Waals surface area contributed by atoms with Crippen LogP contribution in [0.4, 0.5) is 5.69 Å². The first-order valence-corrected chi connectivity index (χ1v) is 7.92. The van der Waals surface area contributed by atoms with E-state index < -0.39 is 0 Å². The van der Waals surface area contributed by atoms with Crippen LogP contribution in [0.2, 0.25) is 0 Å². The second-order valence-corrected chi connectivity index (χ2v) is 5.92. The number of anilines is 1. The smallest absolute Gasteiger partial charge is 0.228 e. The van der Waals surface area contributed by atoms with Crippen LogP contribution in [0.15, 0.2) is 24.3 Å². The third-order valence-corrected chi connectivity index (χ3v) is 3.95. The number of nitrogens with one attached hydrogen (secondary N) is 2. The highest BCUT2D eigenvalue weighted by molar-refractivity contribution is 5.92. The third kappa shape index (κ3) is 4.56. The maximum Gasteiger partial charge on any atom is 0.228 e.